The smallest absolute Gasteiger partial charge is 0.259 e. The Morgan fingerprint density at radius 2 is 0.681 bits per heavy atom. The van der Waals surface area contributed by atoms with Gasteiger partial charge in [0.2, 0.25) is 0 Å². The molecule has 0 aliphatic carbocycles. The van der Waals surface area contributed by atoms with Crippen molar-refractivity contribution in [3.8, 4) is 85.6 Å². The highest BCUT2D eigenvalue weighted by Gasteiger charge is 2.19. The van der Waals surface area contributed by atoms with E-state index in [4.69, 9.17) is 34.6 Å². The summed E-state index contributed by atoms with van der Waals surface area (Å²) in [6.07, 6.45) is 0. The maximum atomic E-state index is 11.8. The van der Waals surface area contributed by atoms with E-state index < -0.39 is 0 Å². The van der Waals surface area contributed by atoms with E-state index in [0.29, 0.717) is 51.8 Å². The number of likely N-dealkylation sites (N-methyl/N-ethyl adjacent to an activating group) is 1. The Bertz CT molecular complexity index is 2890. The summed E-state index contributed by atoms with van der Waals surface area (Å²) in [6, 6.07) is 35.1. The number of benzene rings is 6. The van der Waals surface area contributed by atoms with Gasteiger partial charge in [-0.2, -0.15) is 0 Å². The van der Waals surface area contributed by atoms with Crippen molar-refractivity contribution in [3.05, 3.63) is 159 Å². The number of carbonyl (C=O) groups is 1. The highest BCUT2D eigenvalue weighted by atomic mass is 16.5. The summed E-state index contributed by atoms with van der Waals surface area (Å²) in [4.78, 5) is 41.9. The standard InChI is InChI=1S/C29H30N4O3.C26H25N3O.C2H6.CH4/c1-17-7-10-22(19(3)13-17)27-30-28(23-11-8-18(2)14-20(23)4)32-29(31-27)24-12-9-21(15-25(24)34)36-16-26(35)33(5)6;1-15-6-9-20(18(4)12-15)24-27-25(21-10-7-16(2)13-19(21)5)29-26(28-24)22-11-8-17(3)14-23(22)30;1-2;/h7-15,34H,16H2,1-6H3;6-14,30H,1-5H3;1-2H3;1H4. The quantitative estimate of drug-likeness (QED) is 0.143. The fraction of sp³-hybridized carbons (Fsp3) is 0.259. The van der Waals surface area contributed by atoms with Crippen LogP contribution in [0.15, 0.2) is 109 Å². The second-order valence-electron chi connectivity index (χ2n) is 17.2. The van der Waals surface area contributed by atoms with Gasteiger partial charge in [-0.15, -0.1) is 0 Å². The number of ether oxygens (including phenoxy) is 1. The van der Waals surface area contributed by atoms with E-state index in [0.717, 1.165) is 61.2 Å². The number of hydrogen-bond acceptors (Lipinski definition) is 10. The van der Waals surface area contributed by atoms with Crippen molar-refractivity contribution < 1.29 is 19.7 Å². The van der Waals surface area contributed by atoms with Gasteiger partial charge in [-0.1, -0.05) is 122 Å². The molecule has 8 aromatic rings. The topological polar surface area (TPSA) is 147 Å². The lowest BCUT2D eigenvalue weighted by Crippen LogP contribution is -2.27. The molecule has 11 nitrogen and oxygen atoms in total. The molecule has 0 fully saturated rings. The van der Waals surface area contributed by atoms with Crippen molar-refractivity contribution >= 4 is 5.91 Å². The number of hydrogen-bond donors (Lipinski definition) is 2. The number of phenolic OH excluding ortho intramolecular Hbond substituents is 2. The highest BCUT2D eigenvalue weighted by molar-refractivity contribution is 5.77. The number of carbonyl (C=O) groups excluding carboxylic acids is 1. The van der Waals surface area contributed by atoms with Crippen molar-refractivity contribution in [1.29, 1.82) is 0 Å². The third-order valence-electron chi connectivity index (χ3n) is 11.2. The van der Waals surface area contributed by atoms with Gasteiger partial charge in [0, 0.05) is 42.4 Å². The molecule has 0 unspecified atom stereocenters. The number of aromatic nitrogens is 6. The summed E-state index contributed by atoms with van der Waals surface area (Å²) < 4.78 is 5.54. The molecule has 2 aromatic heterocycles. The number of nitrogens with zero attached hydrogens (tertiary/aromatic N) is 7. The molecule has 0 spiro atoms. The Labute approximate surface area is 408 Å². The van der Waals surface area contributed by atoms with Crippen molar-refractivity contribution in [2.75, 3.05) is 20.7 Å². The molecule has 0 bridgehead atoms. The van der Waals surface area contributed by atoms with Crippen LogP contribution in [-0.2, 0) is 4.79 Å². The van der Waals surface area contributed by atoms with E-state index in [-0.39, 0.29) is 31.4 Å². The molecule has 0 aliphatic heterocycles. The van der Waals surface area contributed by atoms with E-state index in [2.05, 4.69) is 64.1 Å². The zero-order chi connectivity index (χ0) is 49.4. The summed E-state index contributed by atoms with van der Waals surface area (Å²) in [5.41, 5.74) is 14.7. The predicted octanol–water partition coefficient (Wildman–Crippen LogP) is 13.1. The maximum absolute atomic E-state index is 11.8. The summed E-state index contributed by atoms with van der Waals surface area (Å²) in [5.74, 6) is 3.41. The van der Waals surface area contributed by atoms with Gasteiger partial charge in [-0.3, -0.25) is 4.79 Å². The summed E-state index contributed by atoms with van der Waals surface area (Å²) in [5, 5.41) is 21.4. The van der Waals surface area contributed by atoms with Gasteiger partial charge in [0.1, 0.15) is 17.2 Å². The zero-order valence-corrected chi connectivity index (χ0v) is 41.4. The third kappa shape index (κ3) is 12.6. The Morgan fingerprint density at radius 3 is 0.957 bits per heavy atom. The van der Waals surface area contributed by atoms with Crippen molar-refractivity contribution in [2.45, 2.75) is 83.6 Å². The van der Waals surface area contributed by atoms with Gasteiger partial charge in [0.25, 0.3) is 5.91 Å². The lowest BCUT2D eigenvalue weighted by molar-refractivity contribution is -0.130. The van der Waals surface area contributed by atoms with Crippen molar-refractivity contribution in [3.63, 3.8) is 0 Å². The number of phenols is 2. The van der Waals surface area contributed by atoms with Gasteiger partial charge < -0.3 is 19.8 Å². The molecule has 11 heteroatoms. The first-order valence-corrected chi connectivity index (χ1v) is 22.7. The van der Waals surface area contributed by atoms with Gasteiger partial charge in [-0.05, 0) is 114 Å². The van der Waals surface area contributed by atoms with Gasteiger partial charge in [0.15, 0.2) is 41.6 Å². The van der Waals surface area contributed by atoms with Crippen LogP contribution < -0.4 is 4.74 Å². The predicted molar refractivity (Wildman–Crippen MR) is 281 cm³/mol. The molecule has 6 aromatic carbocycles. The third-order valence-corrected chi connectivity index (χ3v) is 11.2. The first-order valence-electron chi connectivity index (χ1n) is 22.7. The zero-order valence-electron chi connectivity index (χ0n) is 41.4. The number of aromatic hydroxyl groups is 2. The monoisotopic (exact) mass is 924 g/mol. The van der Waals surface area contributed by atoms with Crippen LogP contribution in [-0.4, -0.2) is 71.6 Å². The fourth-order valence-corrected chi connectivity index (χ4v) is 7.63. The molecule has 356 valence electrons. The van der Waals surface area contributed by atoms with Gasteiger partial charge >= 0.3 is 0 Å². The van der Waals surface area contributed by atoms with Crippen molar-refractivity contribution in [1.82, 2.24) is 34.8 Å². The summed E-state index contributed by atoms with van der Waals surface area (Å²) >= 11 is 0. The molecular weight excluding hydrogens is 859 g/mol. The summed E-state index contributed by atoms with van der Waals surface area (Å²) in [6.45, 7) is 22.2. The number of amides is 1. The van der Waals surface area contributed by atoms with Crippen LogP contribution in [0.1, 0.15) is 71.3 Å². The van der Waals surface area contributed by atoms with Crippen LogP contribution in [0.4, 0.5) is 0 Å². The molecule has 2 N–H and O–H groups in total. The van der Waals surface area contributed by atoms with Gasteiger partial charge in [-0.25, -0.2) is 29.9 Å². The minimum Gasteiger partial charge on any atom is -0.507 e. The maximum Gasteiger partial charge on any atom is 0.259 e. The Hall–Kier alpha value is -7.79. The molecule has 69 heavy (non-hydrogen) atoms. The minimum absolute atomic E-state index is 0. The first kappa shape index (κ1) is 52.2. The lowest BCUT2D eigenvalue weighted by atomic mass is 10.0. The largest absolute Gasteiger partial charge is 0.507 e. The molecule has 0 saturated heterocycles. The average molecular weight is 924 g/mol. The molecule has 8 rings (SSSR count). The van der Waals surface area contributed by atoms with Gasteiger partial charge in [0.05, 0.1) is 11.1 Å². The molecule has 0 atom stereocenters. The molecule has 0 radical (unpaired) electrons. The first-order chi connectivity index (χ1) is 32.4. The van der Waals surface area contributed by atoms with Crippen LogP contribution in [0.25, 0.3) is 68.3 Å². The van der Waals surface area contributed by atoms with E-state index in [1.54, 1.807) is 32.3 Å². The van der Waals surface area contributed by atoms with E-state index in [1.807, 2.05) is 97.0 Å². The Kier molecular flexibility index (Phi) is 17.2. The van der Waals surface area contributed by atoms with Crippen LogP contribution in [0, 0.1) is 62.3 Å². The molecule has 1 amide bonds. The van der Waals surface area contributed by atoms with Crippen LogP contribution >= 0.6 is 0 Å². The van der Waals surface area contributed by atoms with E-state index >= 15 is 0 Å². The number of aryl methyl sites for hydroxylation is 9. The SMILES string of the molecule is C.CC.Cc1ccc(-c2nc(-c3ccc(C)cc3C)nc(-c3ccc(C)cc3O)n2)c(C)c1.Cc1ccc(-c2nc(-c3ccc(C)cc3C)nc(-c3ccc(OCC(=O)N(C)C)cc3O)n2)c(C)c1. The Balaban J connectivity index is 0.000000249. The lowest BCUT2D eigenvalue weighted by Gasteiger charge is -2.14. The Morgan fingerprint density at radius 1 is 0.420 bits per heavy atom. The minimum atomic E-state index is -0.174. The van der Waals surface area contributed by atoms with Crippen molar-refractivity contribution in [2.24, 2.45) is 0 Å². The second-order valence-corrected chi connectivity index (χ2v) is 17.2. The fourth-order valence-electron chi connectivity index (χ4n) is 7.63. The van der Waals surface area contributed by atoms with Crippen LogP contribution in [0.2, 0.25) is 0 Å². The van der Waals surface area contributed by atoms with E-state index in [1.165, 1.54) is 22.1 Å². The molecular formula is C58H65N7O4. The molecule has 0 aliphatic rings. The molecule has 2 heterocycles. The highest BCUT2D eigenvalue weighted by Crippen LogP contribution is 2.35. The average Bonchev–Trinajstić information content (AvgIpc) is 3.28. The summed E-state index contributed by atoms with van der Waals surface area (Å²) in [7, 11) is 3.32. The van der Waals surface area contributed by atoms with Crippen LogP contribution in [0.3, 0.4) is 0 Å². The van der Waals surface area contributed by atoms with Crippen LogP contribution in [0.5, 0.6) is 17.2 Å². The second kappa shape index (κ2) is 22.8. The number of rotatable bonds is 9. The van der Waals surface area contributed by atoms with E-state index in [9.17, 15) is 15.0 Å². The molecule has 0 saturated carbocycles. The normalized spacial score (nSPS) is 10.5.